The maximum Gasteiger partial charge on any atom is 0.228 e. The second-order valence-corrected chi connectivity index (χ2v) is 7.84. The van der Waals surface area contributed by atoms with Gasteiger partial charge in [0, 0.05) is 37.4 Å². The Bertz CT molecular complexity index is 820. The van der Waals surface area contributed by atoms with E-state index in [2.05, 4.69) is 30.2 Å². The number of aromatic nitrogens is 2. The van der Waals surface area contributed by atoms with Crippen LogP contribution in [0.25, 0.3) is 0 Å². The predicted octanol–water partition coefficient (Wildman–Crippen LogP) is 0.848. The molecule has 0 aromatic carbocycles. The van der Waals surface area contributed by atoms with Crippen molar-refractivity contribution in [1.29, 1.82) is 0 Å². The standard InChI is InChI=1S/C18H22N6O2S/c25-16(9-13-11-27-18-19-2-4-24(13)18)23-3-1-14-15(10-23)20-12-21-17(14)22-5-7-26-8-6-22/h11-12H,1-10H2. The van der Waals surface area contributed by atoms with Crippen LogP contribution in [0.4, 0.5) is 5.82 Å². The van der Waals surface area contributed by atoms with Gasteiger partial charge >= 0.3 is 0 Å². The summed E-state index contributed by atoms with van der Waals surface area (Å²) in [5, 5.41) is 3.09. The molecule has 0 unspecified atom stereocenters. The van der Waals surface area contributed by atoms with E-state index < -0.39 is 0 Å². The molecule has 1 fully saturated rings. The van der Waals surface area contributed by atoms with Gasteiger partial charge in [-0.05, 0) is 11.8 Å². The maximum absolute atomic E-state index is 12.9. The van der Waals surface area contributed by atoms with Crippen molar-refractivity contribution in [2.75, 3.05) is 50.8 Å². The van der Waals surface area contributed by atoms with Gasteiger partial charge in [0.05, 0.1) is 38.4 Å². The number of fused-ring (bicyclic) bond motifs is 2. The van der Waals surface area contributed by atoms with Crippen LogP contribution >= 0.6 is 11.8 Å². The largest absolute Gasteiger partial charge is 0.378 e. The third-order valence-electron chi connectivity index (χ3n) is 5.43. The summed E-state index contributed by atoms with van der Waals surface area (Å²) < 4.78 is 5.45. The Labute approximate surface area is 162 Å². The molecule has 1 aromatic heterocycles. The van der Waals surface area contributed by atoms with Gasteiger partial charge in [-0.2, -0.15) is 0 Å². The smallest absolute Gasteiger partial charge is 0.228 e. The first kappa shape index (κ1) is 17.0. The molecule has 1 saturated heterocycles. The number of hydrogen-bond acceptors (Lipinski definition) is 8. The molecule has 0 atom stereocenters. The fraction of sp³-hybridized carbons (Fsp3) is 0.556. The van der Waals surface area contributed by atoms with Gasteiger partial charge in [-0.3, -0.25) is 9.79 Å². The van der Waals surface area contributed by atoms with Crippen molar-refractivity contribution in [3.63, 3.8) is 0 Å². The Morgan fingerprint density at radius 2 is 2.07 bits per heavy atom. The Hall–Kier alpha value is -2.13. The molecule has 142 valence electrons. The van der Waals surface area contributed by atoms with E-state index in [0.717, 1.165) is 74.7 Å². The highest BCUT2D eigenvalue weighted by Gasteiger charge is 2.31. The van der Waals surface area contributed by atoms with Gasteiger partial charge in [-0.1, -0.05) is 11.8 Å². The highest BCUT2D eigenvalue weighted by Crippen LogP contribution is 2.32. The van der Waals surface area contributed by atoms with Crippen LogP contribution in [0.15, 0.2) is 22.4 Å². The van der Waals surface area contributed by atoms with E-state index in [4.69, 9.17) is 4.74 Å². The first-order valence-corrected chi connectivity index (χ1v) is 10.3. The number of anilines is 1. The topological polar surface area (TPSA) is 74.2 Å². The molecule has 4 aliphatic heterocycles. The third kappa shape index (κ3) is 3.19. The first-order chi connectivity index (χ1) is 13.3. The van der Waals surface area contributed by atoms with Gasteiger partial charge in [0.15, 0.2) is 5.17 Å². The van der Waals surface area contributed by atoms with E-state index in [-0.39, 0.29) is 5.91 Å². The number of carbonyl (C=O) groups is 1. The molecule has 1 aromatic rings. The van der Waals surface area contributed by atoms with Crippen LogP contribution in [0.2, 0.25) is 0 Å². The first-order valence-electron chi connectivity index (χ1n) is 9.40. The molecule has 0 N–H and O–H groups in total. The van der Waals surface area contributed by atoms with E-state index in [9.17, 15) is 4.79 Å². The fourth-order valence-corrected chi connectivity index (χ4v) is 4.93. The fourth-order valence-electron chi connectivity index (χ4n) is 3.98. The number of rotatable bonds is 3. The lowest BCUT2D eigenvalue weighted by molar-refractivity contribution is -0.131. The molecule has 9 heteroatoms. The molecule has 0 spiro atoms. The van der Waals surface area contributed by atoms with Crippen molar-refractivity contribution in [1.82, 2.24) is 19.8 Å². The quantitative estimate of drug-likeness (QED) is 0.762. The number of ether oxygens (including phenoxy) is 1. The van der Waals surface area contributed by atoms with E-state index in [1.54, 1.807) is 18.1 Å². The lowest BCUT2D eigenvalue weighted by Crippen LogP contribution is -2.41. The van der Waals surface area contributed by atoms with Crippen molar-refractivity contribution in [2.24, 2.45) is 4.99 Å². The number of aliphatic imine (C=N–C) groups is 1. The van der Waals surface area contributed by atoms with E-state index in [1.165, 1.54) is 5.56 Å². The predicted molar refractivity (Wildman–Crippen MR) is 103 cm³/mol. The average Bonchev–Trinajstić information content (AvgIpc) is 3.33. The molecule has 8 nitrogen and oxygen atoms in total. The summed E-state index contributed by atoms with van der Waals surface area (Å²) in [5.74, 6) is 1.18. The number of thioether (sulfide) groups is 1. The molecule has 5 rings (SSSR count). The van der Waals surface area contributed by atoms with Crippen molar-refractivity contribution in [3.05, 3.63) is 28.7 Å². The van der Waals surface area contributed by atoms with Gasteiger partial charge in [-0.15, -0.1) is 0 Å². The van der Waals surface area contributed by atoms with Crippen molar-refractivity contribution >= 4 is 28.7 Å². The Balaban J connectivity index is 1.28. The number of amides is 1. The summed E-state index contributed by atoms with van der Waals surface area (Å²) in [5.41, 5.74) is 3.24. The Morgan fingerprint density at radius 1 is 1.19 bits per heavy atom. The number of hydrogen-bond donors (Lipinski definition) is 0. The van der Waals surface area contributed by atoms with Crippen LogP contribution in [-0.4, -0.2) is 76.8 Å². The van der Waals surface area contributed by atoms with Gasteiger partial charge in [0.1, 0.15) is 12.1 Å². The molecular weight excluding hydrogens is 364 g/mol. The minimum atomic E-state index is 0.159. The van der Waals surface area contributed by atoms with Crippen molar-refractivity contribution in [2.45, 2.75) is 19.4 Å². The minimum Gasteiger partial charge on any atom is -0.378 e. The summed E-state index contributed by atoms with van der Waals surface area (Å²) >= 11 is 1.62. The molecule has 0 aliphatic carbocycles. The number of amidine groups is 1. The van der Waals surface area contributed by atoms with Crippen LogP contribution in [0, 0.1) is 0 Å². The number of carbonyl (C=O) groups excluding carboxylic acids is 1. The second-order valence-electron chi connectivity index (χ2n) is 7.01. The molecule has 5 heterocycles. The zero-order valence-corrected chi connectivity index (χ0v) is 16.0. The zero-order valence-electron chi connectivity index (χ0n) is 15.1. The summed E-state index contributed by atoms with van der Waals surface area (Å²) in [6, 6.07) is 0. The highest BCUT2D eigenvalue weighted by atomic mass is 32.2. The molecule has 0 saturated carbocycles. The highest BCUT2D eigenvalue weighted by molar-refractivity contribution is 8.16. The summed E-state index contributed by atoms with van der Waals surface area (Å²) in [6.07, 6.45) is 2.86. The van der Waals surface area contributed by atoms with Crippen LogP contribution in [0.5, 0.6) is 0 Å². The lowest BCUT2D eigenvalue weighted by Gasteiger charge is -2.34. The van der Waals surface area contributed by atoms with Gasteiger partial charge in [-0.25, -0.2) is 9.97 Å². The van der Waals surface area contributed by atoms with Crippen LogP contribution in [-0.2, 0) is 22.5 Å². The van der Waals surface area contributed by atoms with Crippen LogP contribution < -0.4 is 4.90 Å². The van der Waals surface area contributed by atoms with Crippen molar-refractivity contribution in [3.8, 4) is 0 Å². The number of nitrogens with zero attached hydrogens (tertiary/aromatic N) is 6. The molecule has 1 amide bonds. The molecule has 4 aliphatic rings. The third-order valence-corrected chi connectivity index (χ3v) is 6.38. The molecular formula is C18H22N6O2S. The van der Waals surface area contributed by atoms with Gasteiger partial charge in [0.2, 0.25) is 5.91 Å². The second kappa shape index (κ2) is 7.12. The van der Waals surface area contributed by atoms with Crippen LogP contribution in [0.1, 0.15) is 17.7 Å². The molecule has 27 heavy (non-hydrogen) atoms. The Kier molecular flexibility index (Phi) is 4.48. The van der Waals surface area contributed by atoms with E-state index in [1.807, 2.05) is 4.90 Å². The number of morpholine rings is 1. The van der Waals surface area contributed by atoms with E-state index in [0.29, 0.717) is 13.0 Å². The normalized spacial score (nSPS) is 21.7. The minimum absolute atomic E-state index is 0.159. The maximum atomic E-state index is 12.9. The zero-order chi connectivity index (χ0) is 18.2. The van der Waals surface area contributed by atoms with E-state index >= 15 is 0 Å². The summed E-state index contributed by atoms with van der Waals surface area (Å²) in [7, 11) is 0. The van der Waals surface area contributed by atoms with Crippen LogP contribution in [0.3, 0.4) is 0 Å². The van der Waals surface area contributed by atoms with Gasteiger partial charge in [0.25, 0.3) is 0 Å². The lowest BCUT2D eigenvalue weighted by atomic mass is 10.0. The summed E-state index contributed by atoms with van der Waals surface area (Å²) in [4.78, 5) is 32.7. The average molecular weight is 386 g/mol. The summed E-state index contributed by atoms with van der Waals surface area (Å²) in [6.45, 7) is 6.19. The van der Waals surface area contributed by atoms with Gasteiger partial charge < -0.3 is 19.4 Å². The monoisotopic (exact) mass is 386 g/mol. The molecule has 0 radical (unpaired) electrons. The Morgan fingerprint density at radius 3 is 2.96 bits per heavy atom. The SMILES string of the molecule is O=C(CC1=CSC2=NCCN12)N1CCc2c(ncnc2N2CCOCC2)C1. The van der Waals surface area contributed by atoms with Crippen molar-refractivity contribution < 1.29 is 9.53 Å². The molecule has 0 bridgehead atoms.